The second-order valence-electron chi connectivity index (χ2n) is 3.44. The van der Waals surface area contributed by atoms with Crippen molar-refractivity contribution in [2.75, 3.05) is 20.3 Å². The van der Waals surface area contributed by atoms with Gasteiger partial charge in [-0.3, -0.25) is 0 Å². The lowest BCUT2D eigenvalue weighted by molar-refractivity contribution is -0.128. The largest absolute Gasteiger partial charge is 0.490 e. The molecule has 0 fully saturated rings. The molecule has 0 radical (unpaired) electrons. The lowest BCUT2D eigenvalue weighted by atomic mass is 10.1. The number of benzene rings is 1. The molecule has 2 nitrogen and oxygen atoms in total. The molecule has 1 atom stereocenters. The molecule has 0 aliphatic heterocycles. The highest BCUT2D eigenvalue weighted by Gasteiger charge is 2.38. The summed E-state index contributed by atoms with van der Waals surface area (Å²) in [4.78, 5) is -1.69. The average molecular weight is 392 g/mol. The maximum absolute atomic E-state index is 12.5. The molecule has 0 aliphatic rings. The van der Waals surface area contributed by atoms with Crippen molar-refractivity contribution in [1.82, 2.24) is 0 Å². The summed E-state index contributed by atoms with van der Waals surface area (Å²) in [6, 6.07) is 4.25. The van der Waals surface area contributed by atoms with Crippen LogP contribution in [0.2, 0.25) is 0 Å². The van der Waals surface area contributed by atoms with Gasteiger partial charge < -0.3 is 9.47 Å². The third-order valence-corrected chi connectivity index (χ3v) is 3.75. The Labute approximate surface area is 120 Å². The highest BCUT2D eigenvalue weighted by Crippen LogP contribution is 2.41. The van der Waals surface area contributed by atoms with Gasteiger partial charge in [-0.1, -0.05) is 22.0 Å². The third-order valence-electron chi connectivity index (χ3n) is 2.08. The maximum Gasteiger partial charge on any atom is 0.405 e. The number of hydrogen-bond donors (Lipinski definition) is 0. The van der Waals surface area contributed by atoms with Gasteiger partial charge in [0.05, 0.1) is 11.1 Å². The first-order chi connectivity index (χ1) is 8.36. The van der Waals surface area contributed by atoms with Crippen molar-refractivity contribution < 1.29 is 22.6 Å². The van der Waals surface area contributed by atoms with Gasteiger partial charge in [0.15, 0.2) is 0 Å². The van der Waals surface area contributed by atoms with E-state index in [-0.39, 0.29) is 5.56 Å². The first-order valence-corrected chi connectivity index (χ1v) is 6.69. The summed E-state index contributed by atoms with van der Waals surface area (Å²) in [5.41, 5.74) is 0.119. The molecule has 0 saturated heterocycles. The van der Waals surface area contributed by atoms with Crippen LogP contribution >= 0.6 is 31.9 Å². The molecule has 102 valence electrons. The standard InChI is InChI=1S/C11H11Br2F3O2/c1-17-4-5-18-9-3-2-7(6-8(9)12)10(13)11(14,15)16/h2-3,6,10H,4-5H2,1H3. The second-order valence-corrected chi connectivity index (χ2v) is 5.21. The fourth-order valence-electron chi connectivity index (χ4n) is 1.22. The van der Waals surface area contributed by atoms with Gasteiger partial charge in [-0.2, -0.15) is 13.2 Å². The van der Waals surface area contributed by atoms with Gasteiger partial charge in [0.25, 0.3) is 0 Å². The first-order valence-electron chi connectivity index (χ1n) is 4.98. The van der Waals surface area contributed by atoms with E-state index in [1.165, 1.54) is 18.2 Å². The van der Waals surface area contributed by atoms with Crippen molar-refractivity contribution in [3.05, 3.63) is 28.2 Å². The average Bonchev–Trinajstić information content (AvgIpc) is 2.29. The van der Waals surface area contributed by atoms with Gasteiger partial charge in [0.1, 0.15) is 17.2 Å². The van der Waals surface area contributed by atoms with Crippen LogP contribution in [0.3, 0.4) is 0 Å². The van der Waals surface area contributed by atoms with Gasteiger partial charge in [-0.15, -0.1) is 0 Å². The number of halogens is 5. The predicted octanol–water partition coefficient (Wildman–Crippen LogP) is 4.47. The van der Waals surface area contributed by atoms with E-state index in [4.69, 9.17) is 9.47 Å². The van der Waals surface area contributed by atoms with Crippen LogP contribution < -0.4 is 4.74 Å². The number of rotatable bonds is 5. The molecule has 1 aromatic carbocycles. The smallest absolute Gasteiger partial charge is 0.405 e. The van der Waals surface area contributed by atoms with E-state index in [0.717, 1.165) is 0 Å². The van der Waals surface area contributed by atoms with E-state index in [2.05, 4.69) is 31.9 Å². The van der Waals surface area contributed by atoms with E-state index >= 15 is 0 Å². The molecular weight excluding hydrogens is 381 g/mol. The molecule has 1 aromatic rings. The van der Waals surface area contributed by atoms with Crippen LogP contribution in [-0.4, -0.2) is 26.5 Å². The van der Waals surface area contributed by atoms with Crippen LogP contribution in [0.4, 0.5) is 13.2 Å². The monoisotopic (exact) mass is 390 g/mol. The van der Waals surface area contributed by atoms with Crippen LogP contribution in [0.25, 0.3) is 0 Å². The zero-order valence-electron chi connectivity index (χ0n) is 9.43. The summed E-state index contributed by atoms with van der Waals surface area (Å²) in [5.74, 6) is 0.484. The van der Waals surface area contributed by atoms with E-state index in [0.29, 0.717) is 23.4 Å². The van der Waals surface area contributed by atoms with E-state index in [1.807, 2.05) is 0 Å². The molecule has 0 bridgehead atoms. The summed E-state index contributed by atoms with van der Waals surface area (Å²) in [5, 5.41) is 0. The molecule has 0 spiro atoms. The van der Waals surface area contributed by atoms with Crippen molar-refractivity contribution in [3.8, 4) is 5.75 Å². The molecule has 7 heteroatoms. The van der Waals surface area contributed by atoms with E-state index in [9.17, 15) is 13.2 Å². The maximum atomic E-state index is 12.5. The highest BCUT2D eigenvalue weighted by molar-refractivity contribution is 9.10. The van der Waals surface area contributed by atoms with Crippen molar-refractivity contribution >= 4 is 31.9 Å². The topological polar surface area (TPSA) is 18.5 Å². The van der Waals surface area contributed by atoms with Gasteiger partial charge >= 0.3 is 6.18 Å². The minimum Gasteiger partial charge on any atom is -0.490 e. The quantitative estimate of drug-likeness (QED) is 0.544. The molecule has 0 aliphatic carbocycles. The molecule has 0 N–H and O–H groups in total. The minimum absolute atomic E-state index is 0.119. The van der Waals surface area contributed by atoms with Crippen LogP contribution in [0.1, 0.15) is 10.4 Å². The Kier molecular flexibility index (Phi) is 5.94. The van der Waals surface area contributed by atoms with Crippen molar-refractivity contribution in [2.24, 2.45) is 0 Å². The molecule has 18 heavy (non-hydrogen) atoms. The summed E-state index contributed by atoms with van der Waals surface area (Å²) >= 11 is 5.80. The van der Waals surface area contributed by atoms with Crippen LogP contribution in [-0.2, 0) is 4.74 Å². The summed E-state index contributed by atoms with van der Waals surface area (Å²) in [6.07, 6.45) is -4.32. The fraction of sp³-hybridized carbons (Fsp3) is 0.455. The summed E-state index contributed by atoms with van der Waals surface area (Å²) < 4.78 is 48.1. The number of ether oxygens (including phenoxy) is 2. The van der Waals surface area contributed by atoms with E-state index < -0.39 is 11.0 Å². The number of methoxy groups -OCH3 is 1. The van der Waals surface area contributed by atoms with Crippen molar-refractivity contribution in [3.63, 3.8) is 0 Å². The summed E-state index contributed by atoms with van der Waals surface area (Å²) in [7, 11) is 1.54. The molecule has 1 unspecified atom stereocenters. The van der Waals surface area contributed by atoms with Crippen molar-refractivity contribution in [2.45, 2.75) is 11.0 Å². The number of hydrogen-bond acceptors (Lipinski definition) is 2. The number of alkyl halides is 4. The molecule has 1 rings (SSSR count). The Morgan fingerprint density at radius 1 is 1.28 bits per heavy atom. The molecule has 0 amide bonds. The van der Waals surface area contributed by atoms with Crippen molar-refractivity contribution in [1.29, 1.82) is 0 Å². The Bertz CT molecular complexity index is 396. The summed E-state index contributed by atoms with van der Waals surface area (Å²) in [6.45, 7) is 0.753. The zero-order chi connectivity index (χ0) is 13.8. The SMILES string of the molecule is COCCOc1ccc(C(Br)C(F)(F)F)cc1Br. The molecule has 0 saturated carbocycles. The Hall–Kier alpha value is -0.270. The Morgan fingerprint density at radius 2 is 1.94 bits per heavy atom. The first kappa shape index (κ1) is 15.8. The minimum atomic E-state index is -4.32. The van der Waals surface area contributed by atoms with Gasteiger partial charge in [-0.25, -0.2) is 0 Å². The van der Waals surface area contributed by atoms with Gasteiger partial charge in [0.2, 0.25) is 0 Å². The van der Waals surface area contributed by atoms with Gasteiger partial charge in [-0.05, 0) is 33.6 Å². The van der Waals surface area contributed by atoms with Crippen LogP contribution in [0.15, 0.2) is 22.7 Å². The normalized spacial score (nSPS) is 13.4. The van der Waals surface area contributed by atoms with Crippen LogP contribution in [0, 0.1) is 0 Å². The van der Waals surface area contributed by atoms with Gasteiger partial charge in [0, 0.05) is 7.11 Å². The van der Waals surface area contributed by atoms with E-state index in [1.54, 1.807) is 7.11 Å². The Balaban J connectivity index is 2.79. The second kappa shape index (κ2) is 6.77. The zero-order valence-corrected chi connectivity index (χ0v) is 12.6. The lowest BCUT2D eigenvalue weighted by Gasteiger charge is -2.15. The molecular formula is C11H11Br2F3O2. The fourth-order valence-corrected chi connectivity index (χ4v) is 2.01. The molecule has 0 aromatic heterocycles. The third kappa shape index (κ3) is 4.44. The lowest BCUT2D eigenvalue weighted by Crippen LogP contribution is -2.15. The Morgan fingerprint density at radius 3 is 2.44 bits per heavy atom. The van der Waals surface area contributed by atoms with Crippen LogP contribution in [0.5, 0.6) is 5.75 Å². The molecule has 0 heterocycles. The predicted molar refractivity (Wildman–Crippen MR) is 69.2 cm³/mol. The highest BCUT2D eigenvalue weighted by atomic mass is 79.9.